The molecule has 3 rings (SSSR count). The van der Waals surface area contributed by atoms with Gasteiger partial charge in [0.05, 0.1) is 11.8 Å². The van der Waals surface area contributed by atoms with Crippen LogP contribution in [0, 0.1) is 0 Å². The van der Waals surface area contributed by atoms with E-state index in [0.29, 0.717) is 17.9 Å². The molecule has 0 unspecified atom stereocenters. The van der Waals surface area contributed by atoms with Crippen LogP contribution < -0.4 is 0 Å². The summed E-state index contributed by atoms with van der Waals surface area (Å²) < 4.78 is 5.39. The summed E-state index contributed by atoms with van der Waals surface area (Å²) in [5.41, 5.74) is 2.58. The van der Waals surface area contributed by atoms with Gasteiger partial charge in [0.25, 0.3) is 5.91 Å². The molecule has 0 atom stereocenters. The van der Waals surface area contributed by atoms with E-state index in [4.69, 9.17) is 4.42 Å². The minimum Gasteiger partial charge on any atom is -0.465 e. The molecular weight excluding hydrogens is 298 g/mol. The van der Waals surface area contributed by atoms with Crippen molar-refractivity contribution in [2.75, 3.05) is 7.05 Å². The molecule has 0 saturated carbocycles. The van der Waals surface area contributed by atoms with Gasteiger partial charge in [0.2, 0.25) is 0 Å². The summed E-state index contributed by atoms with van der Waals surface area (Å²) in [5.74, 6) is 0.622. The number of carbonyl (C=O) groups is 1. The van der Waals surface area contributed by atoms with Crippen LogP contribution in [0.5, 0.6) is 0 Å². The Balaban J connectivity index is 1.89. The van der Waals surface area contributed by atoms with Crippen molar-refractivity contribution < 1.29 is 9.21 Å². The highest BCUT2D eigenvalue weighted by Crippen LogP contribution is 2.21. The first-order valence-electron chi connectivity index (χ1n) is 7.84. The largest absolute Gasteiger partial charge is 0.465 e. The molecule has 0 spiro atoms. The van der Waals surface area contributed by atoms with Gasteiger partial charge in [-0.3, -0.25) is 4.79 Å². The molecule has 0 N–H and O–H groups in total. The third kappa shape index (κ3) is 3.82. The summed E-state index contributed by atoms with van der Waals surface area (Å²) in [5, 5.41) is 0. The maximum absolute atomic E-state index is 13.0. The Bertz CT molecular complexity index is 806. The first-order valence-corrected chi connectivity index (χ1v) is 7.84. The highest BCUT2D eigenvalue weighted by Gasteiger charge is 2.17. The third-order valence-electron chi connectivity index (χ3n) is 3.75. The molecule has 0 fully saturated rings. The van der Waals surface area contributed by atoms with E-state index in [0.717, 1.165) is 11.1 Å². The van der Waals surface area contributed by atoms with Crippen LogP contribution >= 0.6 is 0 Å². The van der Waals surface area contributed by atoms with Crippen molar-refractivity contribution in [3.63, 3.8) is 0 Å². The number of hydrogen-bond donors (Lipinski definition) is 0. The number of benzene rings is 2. The van der Waals surface area contributed by atoms with E-state index in [2.05, 4.69) is 0 Å². The normalized spacial score (nSPS) is 11.3. The molecule has 24 heavy (non-hydrogen) atoms. The van der Waals surface area contributed by atoms with Gasteiger partial charge < -0.3 is 9.32 Å². The predicted octanol–water partition coefficient (Wildman–Crippen LogP) is 4.48. The monoisotopic (exact) mass is 317 g/mol. The predicted molar refractivity (Wildman–Crippen MR) is 95.9 cm³/mol. The topological polar surface area (TPSA) is 33.5 Å². The Labute approximate surface area is 141 Å². The third-order valence-corrected chi connectivity index (χ3v) is 3.75. The van der Waals surface area contributed by atoms with Crippen molar-refractivity contribution in [3.05, 3.63) is 95.9 Å². The number of amides is 1. The van der Waals surface area contributed by atoms with Gasteiger partial charge in [-0.2, -0.15) is 0 Å². The maximum Gasteiger partial charge on any atom is 0.254 e. The van der Waals surface area contributed by atoms with Gasteiger partial charge in [0.15, 0.2) is 0 Å². The van der Waals surface area contributed by atoms with E-state index < -0.39 is 0 Å². The molecule has 0 aliphatic carbocycles. The van der Waals surface area contributed by atoms with Gasteiger partial charge in [-0.15, -0.1) is 0 Å². The lowest BCUT2D eigenvalue weighted by atomic mass is 10.0. The quantitative estimate of drug-likeness (QED) is 0.650. The van der Waals surface area contributed by atoms with E-state index in [9.17, 15) is 4.79 Å². The lowest BCUT2D eigenvalue weighted by Gasteiger charge is -2.19. The fourth-order valence-corrected chi connectivity index (χ4v) is 2.54. The molecule has 0 radical (unpaired) electrons. The average Bonchev–Trinajstić information content (AvgIpc) is 3.14. The number of likely N-dealkylation sites (N-methyl/N-ethyl adjacent to an activating group) is 1. The van der Waals surface area contributed by atoms with Crippen LogP contribution in [0.25, 0.3) is 11.6 Å². The van der Waals surface area contributed by atoms with Gasteiger partial charge in [0.1, 0.15) is 5.76 Å². The fourth-order valence-electron chi connectivity index (χ4n) is 2.54. The van der Waals surface area contributed by atoms with E-state index in [1.807, 2.05) is 79.8 Å². The minimum atomic E-state index is -0.0403. The molecule has 1 amide bonds. The molecule has 3 heteroatoms. The molecule has 0 saturated heterocycles. The van der Waals surface area contributed by atoms with E-state index in [-0.39, 0.29) is 5.91 Å². The van der Waals surface area contributed by atoms with Crippen molar-refractivity contribution in [2.45, 2.75) is 6.54 Å². The molecular formula is C21H19NO2. The van der Waals surface area contributed by atoms with Crippen molar-refractivity contribution in [2.24, 2.45) is 0 Å². The smallest absolute Gasteiger partial charge is 0.254 e. The number of carbonyl (C=O) groups excluding carboxylic acids is 1. The van der Waals surface area contributed by atoms with Crippen molar-refractivity contribution in [1.29, 1.82) is 0 Å². The fraction of sp³-hybridized carbons (Fsp3) is 0.0952. The van der Waals surface area contributed by atoms with Crippen molar-refractivity contribution in [1.82, 2.24) is 4.90 Å². The lowest BCUT2D eigenvalue weighted by molar-refractivity contribution is -0.124. The molecule has 1 heterocycles. The van der Waals surface area contributed by atoms with Crippen LogP contribution in [0.15, 0.2) is 83.5 Å². The Kier molecular flexibility index (Phi) is 4.92. The number of rotatable bonds is 5. The van der Waals surface area contributed by atoms with Gasteiger partial charge in [0, 0.05) is 13.6 Å². The van der Waals surface area contributed by atoms with Gasteiger partial charge in [-0.05, 0) is 29.3 Å². The van der Waals surface area contributed by atoms with E-state index >= 15 is 0 Å². The Morgan fingerprint density at radius 1 is 0.958 bits per heavy atom. The van der Waals surface area contributed by atoms with Gasteiger partial charge in [-0.1, -0.05) is 60.7 Å². The zero-order chi connectivity index (χ0) is 16.8. The summed E-state index contributed by atoms with van der Waals surface area (Å²) >= 11 is 0. The van der Waals surface area contributed by atoms with Crippen molar-refractivity contribution >= 4 is 17.6 Å². The Morgan fingerprint density at radius 2 is 1.62 bits per heavy atom. The molecule has 120 valence electrons. The first kappa shape index (κ1) is 15.8. The minimum absolute atomic E-state index is 0.0403. The van der Waals surface area contributed by atoms with Crippen LogP contribution in [0.3, 0.4) is 0 Å². The van der Waals surface area contributed by atoms with Crippen LogP contribution in [0.4, 0.5) is 0 Å². The summed E-state index contributed by atoms with van der Waals surface area (Å²) in [6, 6.07) is 23.3. The summed E-state index contributed by atoms with van der Waals surface area (Å²) in [6.07, 6.45) is 3.39. The summed E-state index contributed by atoms with van der Waals surface area (Å²) in [7, 11) is 1.81. The van der Waals surface area contributed by atoms with Crippen LogP contribution in [0.2, 0.25) is 0 Å². The highest BCUT2D eigenvalue weighted by molar-refractivity contribution is 6.23. The Hall–Kier alpha value is -3.07. The number of nitrogens with zero attached hydrogens (tertiary/aromatic N) is 1. The average molecular weight is 317 g/mol. The molecule has 3 aromatic rings. The molecule has 1 aromatic heterocycles. The van der Waals surface area contributed by atoms with Crippen LogP contribution in [-0.4, -0.2) is 17.9 Å². The highest BCUT2D eigenvalue weighted by atomic mass is 16.3. The lowest BCUT2D eigenvalue weighted by Crippen LogP contribution is -2.27. The zero-order valence-electron chi connectivity index (χ0n) is 13.6. The van der Waals surface area contributed by atoms with Gasteiger partial charge >= 0.3 is 0 Å². The maximum atomic E-state index is 13.0. The second-order valence-electron chi connectivity index (χ2n) is 5.59. The molecule has 0 bridgehead atoms. The molecule has 3 nitrogen and oxygen atoms in total. The van der Waals surface area contributed by atoms with Crippen LogP contribution in [-0.2, 0) is 11.3 Å². The zero-order valence-corrected chi connectivity index (χ0v) is 13.6. The summed E-state index contributed by atoms with van der Waals surface area (Å²) in [4.78, 5) is 14.7. The standard InChI is InChI=1S/C21H19NO2/c1-22(16-17-9-4-2-5-10-17)21(23)20(15-19-13-8-14-24-19)18-11-6-3-7-12-18/h2-15H,16H2,1H3/b20-15-. The molecule has 2 aromatic carbocycles. The summed E-state index contributed by atoms with van der Waals surface area (Å²) in [6.45, 7) is 0.558. The second-order valence-corrected chi connectivity index (χ2v) is 5.59. The van der Waals surface area contributed by atoms with Crippen LogP contribution in [0.1, 0.15) is 16.9 Å². The van der Waals surface area contributed by atoms with Gasteiger partial charge in [-0.25, -0.2) is 0 Å². The molecule has 0 aliphatic heterocycles. The number of hydrogen-bond acceptors (Lipinski definition) is 2. The first-order chi connectivity index (χ1) is 11.7. The van der Waals surface area contributed by atoms with E-state index in [1.54, 1.807) is 17.2 Å². The molecule has 0 aliphatic rings. The number of furan rings is 1. The second kappa shape index (κ2) is 7.47. The van der Waals surface area contributed by atoms with Crippen molar-refractivity contribution in [3.8, 4) is 0 Å². The Morgan fingerprint density at radius 3 is 2.25 bits per heavy atom. The van der Waals surface area contributed by atoms with E-state index in [1.165, 1.54) is 0 Å². The SMILES string of the molecule is CN(Cc1ccccc1)C(=O)/C(=C\c1ccco1)c1ccccc1.